The Morgan fingerprint density at radius 3 is 2.88 bits per heavy atom. The molecule has 1 unspecified atom stereocenters. The molecule has 0 aliphatic rings. The SMILES string of the molecule is OCCCC(O)c1cc2cccc(Cl)c2o1. The summed E-state index contributed by atoms with van der Waals surface area (Å²) in [5.41, 5.74) is 0.599. The maximum Gasteiger partial charge on any atom is 0.152 e. The van der Waals surface area contributed by atoms with E-state index in [0.717, 1.165) is 5.39 Å². The minimum absolute atomic E-state index is 0.0675. The van der Waals surface area contributed by atoms with Gasteiger partial charge in [-0.2, -0.15) is 0 Å². The fourth-order valence-electron chi connectivity index (χ4n) is 1.64. The van der Waals surface area contributed by atoms with Gasteiger partial charge < -0.3 is 14.6 Å². The van der Waals surface area contributed by atoms with E-state index < -0.39 is 6.10 Å². The van der Waals surface area contributed by atoms with Crippen LogP contribution in [0.25, 0.3) is 11.0 Å². The first-order chi connectivity index (χ1) is 7.72. The average molecular weight is 241 g/mol. The van der Waals surface area contributed by atoms with E-state index in [-0.39, 0.29) is 6.61 Å². The van der Waals surface area contributed by atoms with Crippen molar-refractivity contribution >= 4 is 22.6 Å². The first-order valence-electron chi connectivity index (χ1n) is 5.19. The summed E-state index contributed by atoms with van der Waals surface area (Å²) in [5, 5.41) is 19.9. The van der Waals surface area contributed by atoms with Gasteiger partial charge in [0.1, 0.15) is 11.9 Å². The van der Waals surface area contributed by atoms with Gasteiger partial charge in [-0.25, -0.2) is 0 Å². The van der Waals surface area contributed by atoms with E-state index >= 15 is 0 Å². The summed E-state index contributed by atoms with van der Waals surface area (Å²) in [6.45, 7) is 0.0675. The van der Waals surface area contributed by atoms with Crippen molar-refractivity contribution in [1.82, 2.24) is 0 Å². The van der Waals surface area contributed by atoms with Crippen LogP contribution in [0.4, 0.5) is 0 Å². The van der Waals surface area contributed by atoms with Crippen molar-refractivity contribution in [2.24, 2.45) is 0 Å². The highest BCUT2D eigenvalue weighted by Gasteiger charge is 2.14. The van der Waals surface area contributed by atoms with Gasteiger partial charge in [0.2, 0.25) is 0 Å². The van der Waals surface area contributed by atoms with Crippen LogP contribution in [0.3, 0.4) is 0 Å². The molecule has 0 spiro atoms. The Kier molecular flexibility index (Phi) is 3.49. The number of para-hydroxylation sites is 1. The Hall–Kier alpha value is -1.03. The molecule has 2 aromatic rings. The Bertz CT molecular complexity index is 478. The van der Waals surface area contributed by atoms with E-state index in [1.54, 1.807) is 12.1 Å². The van der Waals surface area contributed by atoms with Gasteiger partial charge in [-0.05, 0) is 25.0 Å². The molecule has 1 aromatic heterocycles. The highest BCUT2D eigenvalue weighted by molar-refractivity contribution is 6.34. The van der Waals surface area contributed by atoms with Crippen molar-refractivity contribution in [2.45, 2.75) is 18.9 Å². The number of benzene rings is 1. The first kappa shape index (κ1) is 11.5. The number of aliphatic hydroxyl groups is 2. The topological polar surface area (TPSA) is 53.6 Å². The number of fused-ring (bicyclic) bond motifs is 1. The number of aliphatic hydroxyl groups excluding tert-OH is 2. The minimum atomic E-state index is -0.685. The summed E-state index contributed by atoms with van der Waals surface area (Å²) in [6.07, 6.45) is 0.343. The third-order valence-electron chi connectivity index (χ3n) is 2.48. The van der Waals surface area contributed by atoms with Crippen LogP contribution in [-0.2, 0) is 0 Å². The Labute approximate surface area is 98.3 Å². The van der Waals surface area contributed by atoms with E-state index in [4.69, 9.17) is 21.1 Å². The smallest absolute Gasteiger partial charge is 0.152 e. The summed E-state index contributed by atoms with van der Waals surface area (Å²) in [5.74, 6) is 0.497. The molecule has 0 aliphatic heterocycles. The Morgan fingerprint density at radius 2 is 2.19 bits per heavy atom. The predicted molar refractivity (Wildman–Crippen MR) is 62.5 cm³/mol. The molecule has 3 nitrogen and oxygen atoms in total. The highest BCUT2D eigenvalue weighted by Crippen LogP contribution is 2.30. The van der Waals surface area contributed by atoms with Gasteiger partial charge in [0, 0.05) is 12.0 Å². The third-order valence-corrected chi connectivity index (χ3v) is 2.78. The van der Waals surface area contributed by atoms with Gasteiger partial charge in [0.25, 0.3) is 0 Å². The molecule has 0 saturated heterocycles. The van der Waals surface area contributed by atoms with Crippen LogP contribution in [0.15, 0.2) is 28.7 Å². The molecule has 0 bridgehead atoms. The van der Waals surface area contributed by atoms with Crippen molar-refractivity contribution < 1.29 is 14.6 Å². The number of hydrogen-bond donors (Lipinski definition) is 2. The lowest BCUT2D eigenvalue weighted by Crippen LogP contribution is -1.96. The zero-order valence-corrected chi connectivity index (χ0v) is 9.44. The van der Waals surface area contributed by atoms with Gasteiger partial charge in [-0.3, -0.25) is 0 Å². The quantitative estimate of drug-likeness (QED) is 0.864. The first-order valence-corrected chi connectivity index (χ1v) is 5.57. The largest absolute Gasteiger partial charge is 0.457 e. The predicted octanol–water partition coefficient (Wildman–Crippen LogP) is 2.89. The maximum absolute atomic E-state index is 9.80. The summed E-state index contributed by atoms with van der Waals surface area (Å²) < 4.78 is 5.49. The zero-order chi connectivity index (χ0) is 11.5. The number of halogens is 1. The molecule has 2 N–H and O–H groups in total. The number of rotatable bonds is 4. The van der Waals surface area contributed by atoms with Crippen LogP contribution in [-0.4, -0.2) is 16.8 Å². The number of hydrogen-bond acceptors (Lipinski definition) is 3. The normalized spacial score (nSPS) is 13.2. The molecule has 0 radical (unpaired) electrons. The van der Waals surface area contributed by atoms with Crippen molar-refractivity contribution in [3.05, 3.63) is 35.0 Å². The molecule has 0 aliphatic carbocycles. The second kappa shape index (κ2) is 4.87. The summed E-state index contributed by atoms with van der Waals surface area (Å²) >= 11 is 5.96. The molecule has 1 atom stereocenters. The van der Waals surface area contributed by atoms with Crippen LogP contribution in [0.5, 0.6) is 0 Å². The van der Waals surface area contributed by atoms with Gasteiger partial charge in [-0.1, -0.05) is 23.7 Å². The van der Waals surface area contributed by atoms with Gasteiger partial charge in [-0.15, -0.1) is 0 Å². The molecule has 0 fully saturated rings. The lowest BCUT2D eigenvalue weighted by Gasteiger charge is -2.04. The maximum atomic E-state index is 9.80. The number of furan rings is 1. The molecule has 0 saturated carbocycles. The van der Waals surface area contributed by atoms with E-state index in [0.29, 0.717) is 29.2 Å². The van der Waals surface area contributed by atoms with Crippen molar-refractivity contribution in [3.8, 4) is 0 Å². The van der Waals surface area contributed by atoms with Gasteiger partial charge in [0.15, 0.2) is 5.58 Å². The lowest BCUT2D eigenvalue weighted by atomic mass is 10.1. The third kappa shape index (κ3) is 2.21. The summed E-state index contributed by atoms with van der Waals surface area (Å²) in [6, 6.07) is 7.25. The van der Waals surface area contributed by atoms with Crippen LogP contribution in [0, 0.1) is 0 Å². The Balaban J connectivity index is 2.29. The average Bonchev–Trinajstić information content (AvgIpc) is 2.71. The van der Waals surface area contributed by atoms with Crippen LogP contribution >= 0.6 is 11.6 Å². The fourth-order valence-corrected chi connectivity index (χ4v) is 1.86. The van der Waals surface area contributed by atoms with E-state index in [1.165, 1.54) is 0 Å². The molecule has 0 amide bonds. The van der Waals surface area contributed by atoms with Crippen LogP contribution < -0.4 is 0 Å². The molecule has 1 heterocycles. The standard InChI is InChI=1S/C12H13ClO3/c13-9-4-1-3-8-7-11(16-12(8)9)10(15)5-2-6-14/h1,3-4,7,10,14-15H,2,5-6H2. The van der Waals surface area contributed by atoms with Crippen molar-refractivity contribution in [3.63, 3.8) is 0 Å². The molecule has 16 heavy (non-hydrogen) atoms. The monoisotopic (exact) mass is 240 g/mol. The molecule has 1 aromatic carbocycles. The van der Waals surface area contributed by atoms with Crippen LogP contribution in [0.1, 0.15) is 24.7 Å². The summed E-state index contributed by atoms with van der Waals surface area (Å²) in [7, 11) is 0. The zero-order valence-electron chi connectivity index (χ0n) is 8.69. The second-order valence-electron chi connectivity index (χ2n) is 3.69. The van der Waals surface area contributed by atoms with Crippen LogP contribution in [0.2, 0.25) is 5.02 Å². The van der Waals surface area contributed by atoms with E-state index in [9.17, 15) is 5.11 Å². The minimum Gasteiger partial charge on any atom is -0.457 e. The molecule has 4 heteroatoms. The molecule has 86 valence electrons. The lowest BCUT2D eigenvalue weighted by molar-refractivity contribution is 0.130. The molecular formula is C12H13ClO3. The molecule has 2 rings (SSSR count). The van der Waals surface area contributed by atoms with Gasteiger partial charge in [0.05, 0.1) is 5.02 Å². The van der Waals surface area contributed by atoms with Gasteiger partial charge >= 0.3 is 0 Å². The Morgan fingerprint density at radius 1 is 1.38 bits per heavy atom. The highest BCUT2D eigenvalue weighted by atomic mass is 35.5. The van der Waals surface area contributed by atoms with Crippen molar-refractivity contribution in [1.29, 1.82) is 0 Å². The van der Waals surface area contributed by atoms with E-state index in [2.05, 4.69) is 0 Å². The van der Waals surface area contributed by atoms with E-state index in [1.807, 2.05) is 12.1 Å². The molecular weight excluding hydrogens is 228 g/mol. The van der Waals surface area contributed by atoms with Crippen molar-refractivity contribution in [2.75, 3.05) is 6.61 Å². The summed E-state index contributed by atoms with van der Waals surface area (Å²) in [4.78, 5) is 0. The fraction of sp³-hybridized carbons (Fsp3) is 0.333. The second-order valence-corrected chi connectivity index (χ2v) is 4.10.